The Morgan fingerprint density at radius 3 is 2.60 bits per heavy atom. The standard InChI is InChI=1S/C11H11BrN2S/c1-2-9-7-13-11(15)14(9)10-5-3-8(12)4-6-10/h3-7H,2H2,1H3,(H,13,15). The van der Waals surface area contributed by atoms with Gasteiger partial charge >= 0.3 is 0 Å². The summed E-state index contributed by atoms with van der Waals surface area (Å²) in [5, 5.41) is 0. The van der Waals surface area contributed by atoms with Gasteiger partial charge in [-0.05, 0) is 42.9 Å². The lowest BCUT2D eigenvalue weighted by Crippen LogP contribution is -1.98. The molecule has 0 amide bonds. The largest absolute Gasteiger partial charge is 0.337 e. The Morgan fingerprint density at radius 1 is 1.33 bits per heavy atom. The van der Waals surface area contributed by atoms with Crippen molar-refractivity contribution >= 4 is 28.1 Å². The van der Waals surface area contributed by atoms with Crippen LogP contribution in [0.4, 0.5) is 0 Å². The average Bonchev–Trinajstić information content (AvgIpc) is 2.61. The van der Waals surface area contributed by atoms with Crippen molar-refractivity contribution in [3.8, 4) is 5.69 Å². The molecule has 1 heterocycles. The second-order valence-electron chi connectivity index (χ2n) is 3.25. The highest BCUT2D eigenvalue weighted by Crippen LogP contribution is 2.16. The van der Waals surface area contributed by atoms with Gasteiger partial charge in [0, 0.05) is 22.1 Å². The molecule has 2 aromatic rings. The van der Waals surface area contributed by atoms with Crippen molar-refractivity contribution < 1.29 is 0 Å². The Balaban J connectivity index is 2.57. The van der Waals surface area contributed by atoms with Gasteiger partial charge in [0.2, 0.25) is 0 Å². The van der Waals surface area contributed by atoms with E-state index >= 15 is 0 Å². The van der Waals surface area contributed by atoms with Gasteiger partial charge in [0.25, 0.3) is 0 Å². The van der Waals surface area contributed by atoms with E-state index in [2.05, 4.69) is 32.4 Å². The summed E-state index contributed by atoms with van der Waals surface area (Å²) >= 11 is 8.67. The van der Waals surface area contributed by atoms with Crippen LogP contribution in [0.5, 0.6) is 0 Å². The molecule has 0 fully saturated rings. The van der Waals surface area contributed by atoms with Gasteiger partial charge in [-0.25, -0.2) is 0 Å². The number of H-pyrrole nitrogens is 1. The molecule has 0 atom stereocenters. The Morgan fingerprint density at radius 2 is 2.00 bits per heavy atom. The Labute approximate surface area is 102 Å². The molecule has 0 radical (unpaired) electrons. The first-order valence-electron chi connectivity index (χ1n) is 4.77. The molecule has 0 saturated heterocycles. The van der Waals surface area contributed by atoms with Crippen molar-refractivity contribution in [1.82, 2.24) is 9.55 Å². The van der Waals surface area contributed by atoms with Crippen molar-refractivity contribution in [3.63, 3.8) is 0 Å². The third kappa shape index (κ3) is 2.06. The number of aryl methyl sites for hydroxylation is 1. The lowest BCUT2D eigenvalue weighted by Gasteiger charge is -2.06. The first-order chi connectivity index (χ1) is 7.22. The molecule has 4 heteroatoms. The molecular weight excluding hydrogens is 272 g/mol. The van der Waals surface area contributed by atoms with Gasteiger partial charge in [-0.2, -0.15) is 0 Å². The highest BCUT2D eigenvalue weighted by Gasteiger charge is 2.03. The van der Waals surface area contributed by atoms with Crippen molar-refractivity contribution in [2.75, 3.05) is 0 Å². The number of aromatic amines is 1. The lowest BCUT2D eigenvalue weighted by molar-refractivity contribution is 0.922. The molecule has 1 aromatic carbocycles. The third-order valence-corrected chi connectivity index (χ3v) is 3.13. The van der Waals surface area contributed by atoms with E-state index in [9.17, 15) is 0 Å². The lowest BCUT2D eigenvalue weighted by atomic mass is 10.3. The molecule has 0 saturated carbocycles. The number of nitrogens with one attached hydrogen (secondary N) is 1. The maximum atomic E-state index is 5.25. The fourth-order valence-electron chi connectivity index (χ4n) is 1.54. The van der Waals surface area contributed by atoms with Gasteiger partial charge in [-0.15, -0.1) is 0 Å². The summed E-state index contributed by atoms with van der Waals surface area (Å²) in [5.41, 5.74) is 2.30. The molecule has 0 bridgehead atoms. The van der Waals surface area contributed by atoms with Crippen LogP contribution in [0.15, 0.2) is 34.9 Å². The van der Waals surface area contributed by atoms with Crippen molar-refractivity contribution in [2.45, 2.75) is 13.3 Å². The second kappa shape index (κ2) is 4.33. The predicted molar refractivity (Wildman–Crippen MR) is 68.0 cm³/mol. The van der Waals surface area contributed by atoms with E-state index in [0.29, 0.717) is 0 Å². The summed E-state index contributed by atoms with van der Waals surface area (Å²) < 4.78 is 3.88. The maximum absolute atomic E-state index is 5.25. The van der Waals surface area contributed by atoms with Crippen LogP contribution in [-0.4, -0.2) is 9.55 Å². The van der Waals surface area contributed by atoms with Crippen LogP contribution in [0.2, 0.25) is 0 Å². The molecule has 0 unspecified atom stereocenters. The zero-order valence-corrected chi connectivity index (χ0v) is 10.7. The van der Waals surface area contributed by atoms with Crippen LogP contribution in [0.3, 0.4) is 0 Å². The molecule has 78 valence electrons. The molecule has 0 aliphatic rings. The molecule has 1 aromatic heterocycles. The summed E-state index contributed by atoms with van der Waals surface area (Å²) in [4.78, 5) is 3.07. The smallest absolute Gasteiger partial charge is 0.182 e. The summed E-state index contributed by atoms with van der Waals surface area (Å²) in [6.45, 7) is 2.12. The molecule has 0 spiro atoms. The van der Waals surface area contributed by atoms with E-state index in [1.807, 2.05) is 30.5 Å². The van der Waals surface area contributed by atoms with Gasteiger partial charge in [-0.1, -0.05) is 22.9 Å². The van der Waals surface area contributed by atoms with Crippen LogP contribution < -0.4 is 0 Å². The first-order valence-corrected chi connectivity index (χ1v) is 5.97. The van der Waals surface area contributed by atoms with E-state index in [-0.39, 0.29) is 0 Å². The Hall–Kier alpha value is -0.870. The van der Waals surface area contributed by atoms with E-state index < -0.39 is 0 Å². The predicted octanol–water partition coefficient (Wildman–Crippen LogP) is 3.86. The quantitative estimate of drug-likeness (QED) is 0.830. The monoisotopic (exact) mass is 282 g/mol. The molecule has 1 N–H and O–H groups in total. The van der Waals surface area contributed by atoms with Crippen molar-refractivity contribution in [2.24, 2.45) is 0 Å². The minimum absolute atomic E-state index is 0.745. The normalized spacial score (nSPS) is 10.5. The van der Waals surface area contributed by atoms with E-state index in [4.69, 9.17) is 12.2 Å². The number of aromatic nitrogens is 2. The molecule has 0 aliphatic heterocycles. The van der Waals surface area contributed by atoms with Crippen LogP contribution >= 0.6 is 28.1 Å². The number of hydrogen-bond acceptors (Lipinski definition) is 1. The van der Waals surface area contributed by atoms with Crippen molar-refractivity contribution in [1.29, 1.82) is 0 Å². The number of nitrogens with zero attached hydrogens (tertiary/aromatic N) is 1. The van der Waals surface area contributed by atoms with Crippen LogP contribution in [-0.2, 0) is 6.42 Å². The van der Waals surface area contributed by atoms with E-state index in [1.54, 1.807) is 0 Å². The van der Waals surface area contributed by atoms with Gasteiger partial charge in [0.1, 0.15) is 0 Å². The zero-order valence-electron chi connectivity index (χ0n) is 8.33. The Kier molecular flexibility index (Phi) is 3.07. The Bertz CT molecular complexity index is 510. The summed E-state index contributed by atoms with van der Waals surface area (Å²) in [6, 6.07) is 8.13. The highest BCUT2D eigenvalue weighted by molar-refractivity contribution is 9.10. The summed E-state index contributed by atoms with van der Waals surface area (Å²) in [6.07, 6.45) is 2.92. The SMILES string of the molecule is CCc1c[nH]c(=S)n1-c1ccc(Br)cc1. The van der Waals surface area contributed by atoms with Gasteiger partial charge in [-0.3, -0.25) is 4.57 Å². The molecule has 2 nitrogen and oxygen atoms in total. The minimum atomic E-state index is 0.745. The highest BCUT2D eigenvalue weighted by atomic mass is 79.9. The summed E-state index contributed by atoms with van der Waals surface area (Å²) in [7, 11) is 0. The topological polar surface area (TPSA) is 20.7 Å². The maximum Gasteiger partial charge on any atom is 0.182 e. The summed E-state index contributed by atoms with van der Waals surface area (Å²) in [5.74, 6) is 0. The van der Waals surface area contributed by atoms with Gasteiger partial charge < -0.3 is 4.98 Å². The van der Waals surface area contributed by atoms with Crippen LogP contribution in [0, 0.1) is 4.77 Å². The van der Waals surface area contributed by atoms with Gasteiger partial charge in [0.05, 0.1) is 0 Å². The number of rotatable bonds is 2. The zero-order chi connectivity index (χ0) is 10.8. The molecule has 15 heavy (non-hydrogen) atoms. The number of imidazole rings is 1. The average molecular weight is 283 g/mol. The third-order valence-electron chi connectivity index (χ3n) is 2.30. The van der Waals surface area contributed by atoms with E-state index in [1.165, 1.54) is 5.69 Å². The molecular formula is C11H11BrN2S. The van der Waals surface area contributed by atoms with Crippen molar-refractivity contribution in [3.05, 3.63) is 45.4 Å². The fraction of sp³-hybridized carbons (Fsp3) is 0.182. The number of benzene rings is 1. The first kappa shape index (κ1) is 10.6. The second-order valence-corrected chi connectivity index (χ2v) is 4.55. The van der Waals surface area contributed by atoms with Crippen LogP contribution in [0.1, 0.15) is 12.6 Å². The number of hydrogen-bond donors (Lipinski definition) is 1. The van der Waals surface area contributed by atoms with E-state index in [0.717, 1.165) is 21.4 Å². The molecule has 0 aliphatic carbocycles. The molecule has 2 rings (SSSR count). The van der Waals surface area contributed by atoms with Gasteiger partial charge in [0.15, 0.2) is 4.77 Å². The van der Waals surface area contributed by atoms with Crippen LogP contribution in [0.25, 0.3) is 5.69 Å². The number of halogens is 1. The fourth-order valence-corrected chi connectivity index (χ4v) is 2.08. The minimum Gasteiger partial charge on any atom is -0.337 e.